The minimum Gasteiger partial charge on any atom is -0.494 e. The highest BCUT2D eigenvalue weighted by atomic mass is 79.9. The van der Waals surface area contributed by atoms with Gasteiger partial charge in [0.25, 0.3) is 5.91 Å². The molecule has 3 heterocycles. The lowest BCUT2D eigenvalue weighted by Crippen LogP contribution is -2.39. The van der Waals surface area contributed by atoms with E-state index in [0.717, 1.165) is 30.4 Å². The maximum Gasteiger partial charge on any atom is 0.312 e. The zero-order valence-electron chi connectivity index (χ0n) is 13.4. The first kappa shape index (κ1) is 17.2. The van der Waals surface area contributed by atoms with Gasteiger partial charge in [0.2, 0.25) is 0 Å². The van der Waals surface area contributed by atoms with E-state index in [0.29, 0.717) is 12.2 Å². The lowest BCUT2D eigenvalue weighted by molar-refractivity contribution is -0.149. The van der Waals surface area contributed by atoms with E-state index < -0.39 is 0 Å². The Bertz CT molecular complexity index is 646. The fourth-order valence-electron chi connectivity index (χ4n) is 3.30. The number of rotatable bonds is 4. The van der Waals surface area contributed by atoms with Crippen LogP contribution in [-0.2, 0) is 9.53 Å². The van der Waals surface area contributed by atoms with Crippen molar-refractivity contribution >= 4 is 27.8 Å². The lowest BCUT2D eigenvalue weighted by atomic mass is 9.76. The van der Waals surface area contributed by atoms with Crippen molar-refractivity contribution in [2.75, 3.05) is 26.7 Å². The van der Waals surface area contributed by atoms with Crippen molar-refractivity contribution in [1.82, 2.24) is 15.6 Å². The van der Waals surface area contributed by atoms with E-state index in [4.69, 9.17) is 9.47 Å². The number of aromatic nitrogens is 1. The van der Waals surface area contributed by atoms with Crippen molar-refractivity contribution in [2.24, 2.45) is 5.41 Å². The molecule has 0 saturated carbocycles. The molecule has 2 aliphatic heterocycles. The Morgan fingerprint density at radius 2 is 2.29 bits per heavy atom. The summed E-state index contributed by atoms with van der Waals surface area (Å²) in [5.41, 5.74) is -0.171. The second-order valence-electron chi connectivity index (χ2n) is 6.18. The molecule has 1 aromatic heterocycles. The van der Waals surface area contributed by atoms with Crippen LogP contribution in [0.5, 0.6) is 5.75 Å². The van der Waals surface area contributed by atoms with Crippen LogP contribution in [0, 0.1) is 5.41 Å². The Morgan fingerprint density at radius 1 is 1.54 bits per heavy atom. The number of piperidine rings is 1. The van der Waals surface area contributed by atoms with Gasteiger partial charge < -0.3 is 20.1 Å². The van der Waals surface area contributed by atoms with E-state index in [-0.39, 0.29) is 35.6 Å². The zero-order chi connectivity index (χ0) is 17.2. The SMILES string of the molecule is COc1cc(Br)cnc1C(=O)NCC1CC2(CCNCC2)C(=O)O1. The molecule has 1 aromatic rings. The van der Waals surface area contributed by atoms with Crippen LogP contribution < -0.4 is 15.4 Å². The molecule has 24 heavy (non-hydrogen) atoms. The minimum absolute atomic E-state index is 0.136. The normalized spacial score (nSPS) is 22.2. The Morgan fingerprint density at radius 3 is 3.00 bits per heavy atom. The van der Waals surface area contributed by atoms with Crippen LogP contribution in [0.15, 0.2) is 16.7 Å². The molecule has 2 fully saturated rings. The number of hydrogen-bond acceptors (Lipinski definition) is 6. The van der Waals surface area contributed by atoms with E-state index in [1.807, 2.05) is 0 Å². The minimum atomic E-state index is -0.381. The molecule has 1 amide bonds. The quantitative estimate of drug-likeness (QED) is 0.743. The first-order chi connectivity index (χ1) is 11.5. The number of esters is 1. The first-order valence-electron chi connectivity index (χ1n) is 7.94. The summed E-state index contributed by atoms with van der Waals surface area (Å²) in [7, 11) is 1.49. The maximum atomic E-state index is 12.3. The second kappa shape index (κ2) is 7.06. The molecule has 8 heteroatoms. The van der Waals surface area contributed by atoms with Gasteiger partial charge in [0.1, 0.15) is 6.10 Å². The molecular formula is C16H20BrN3O4. The highest BCUT2D eigenvalue weighted by molar-refractivity contribution is 9.10. The summed E-state index contributed by atoms with van der Waals surface area (Å²) < 4.78 is 11.4. The number of ether oxygens (including phenoxy) is 2. The van der Waals surface area contributed by atoms with Crippen LogP contribution in [0.4, 0.5) is 0 Å². The second-order valence-corrected chi connectivity index (χ2v) is 7.09. The fraction of sp³-hybridized carbons (Fsp3) is 0.562. The van der Waals surface area contributed by atoms with E-state index in [1.54, 1.807) is 6.07 Å². The zero-order valence-corrected chi connectivity index (χ0v) is 15.0. The van der Waals surface area contributed by atoms with Crippen molar-refractivity contribution < 1.29 is 19.1 Å². The average Bonchev–Trinajstić information content (AvgIpc) is 2.88. The number of methoxy groups -OCH3 is 1. The molecule has 1 unspecified atom stereocenters. The molecule has 7 nitrogen and oxygen atoms in total. The van der Waals surface area contributed by atoms with Gasteiger partial charge in [0, 0.05) is 17.1 Å². The number of nitrogens with zero attached hydrogens (tertiary/aromatic N) is 1. The molecule has 1 atom stereocenters. The summed E-state index contributed by atoms with van der Waals surface area (Å²) in [5.74, 6) is -0.0932. The third kappa shape index (κ3) is 3.39. The smallest absolute Gasteiger partial charge is 0.312 e. The topological polar surface area (TPSA) is 89.5 Å². The molecule has 1 spiro atoms. The van der Waals surface area contributed by atoms with E-state index in [9.17, 15) is 9.59 Å². The summed E-state index contributed by atoms with van der Waals surface area (Å²) in [4.78, 5) is 28.6. The number of carbonyl (C=O) groups is 2. The van der Waals surface area contributed by atoms with Crippen molar-refractivity contribution in [1.29, 1.82) is 0 Å². The van der Waals surface area contributed by atoms with Crippen molar-refractivity contribution in [3.8, 4) is 5.75 Å². The lowest BCUT2D eigenvalue weighted by Gasteiger charge is -2.29. The standard InChI is InChI=1S/C16H20BrN3O4/c1-23-12-6-10(17)8-19-13(12)14(21)20-9-11-7-16(15(22)24-11)2-4-18-5-3-16/h6,8,11,18H,2-5,7,9H2,1H3,(H,20,21). The predicted molar refractivity (Wildman–Crippen MR) is 89.9 cm³/mol. The molecule has 0 aliphatic carbocycles. The molecule has 0 aromatic carbocycles. The molecule has 2 aliphatic rings. The molecule has 2 N–H and O–H groups in total. The molecule has 0 radical (unpaired) electrons. The highest BCUT2D eigenvalue weighted by Crippen LogP contribution is 2.41. The van der Waals surface area contributed by atoms with Crippen molar-refractivity contribution in [3.05, 3.63) is 22.4 Å². The number of cyclic esters (lactones) is 1. The highest BCUT2D eigenvalue weighted by Gasteiger charge is 2.49. The van der Waals surface area contributed by atoms with Gasteiger partial charge in [-0.3, -0.25) is 9.59 Å². The monoisotopic (exact) mass is 397 g/mol. The van der Waals surface area contributed by atoms with Gasteiger partial charge in [-0.05, 0) is 47.9 Å². The largest absolute Gasteiger partial charge is 0.494 e. The van der Waals surface area contributed by atoms with Crippen LogP contribution in [0.25, 0.3) is 0 Å². The van der Waals surface area contributed by atoms with Crippen molar-refractivity contribution in [3.63, 3.8) is 0 Å². The van der Waals surface area contributed by atoms with Gasteiger partial charge in [0.15, 0.2) is 11.4 Å². The van der Waals surface area contributed by atoms with Crippen LogP contribution in [0.2, 0.25) is 0 Å². The number of carbonyl (C=O) groups excluding carboxylic acids is 2. The molecule has 0 bridgehead atoms. The van der Waals surface area contributed by atoms with E-state index in [1.165, 1.54) is 13.3 Å². The number of amides is 1. The van der Waals surface area contributed by atoms with Crippen LogP contribution >= 0.6 is 15.9 Å². The third-order valence-corrected chi connectivity index (χ3v) is 5.06. The number of halogens is 1. The van der Waals surface area contributed by atoms with Gasteiger partial charge in [-0.1, -0.05) is 0 Å². The van der Waals surface area contributed by atoms with Gasteiger partial charge in [-0.25, -0.2) is 4.98 Å². The van der Waals surface area contributed by atoms with E-state index >= 15 is 0 Å². The molecule has 2 saturated heterocycles. The van der Waals surface area contributed by atoms with Gasteiger partial charge in [0.05, 0.1) is 19.1 Å². The maximum absolute atomic E-state index is 12.3. The van der Waals surface area contributed by atoms with Gasteiger partial charge in [-0.15, -0.1) is 0 Å². The summed E-state index contributed by atoms with van der Waals surface area (Å²) in [5, 5.41) is 6.04. The van der Waals surface area contributed by atoms with Gasteiger partial charge >= 0.3 is 5.97 Å². The Kier molecular flexibility index (Phi) is 5.05. The summed E-state index contributed by atoms with van der Waals surface area (Å²) in [6.07, 6.45) is 3.48. The molecule has 3 rings (SSSR count). The van der Waals surface area contributed by atoms with E-state index in [2.05, 4.69) is 31.5 Å². The average molecular weight is 398 g/mol. The summed E-state index contributed by atoms with van der Waals surface area (Å²) in [6, 6.07) is 1.68. The van der Waals surface area contributed by atoms with Crippen LogP contribution in [-0.4, -0.2) is 49.7 Å². The Hall–Kier alpha value is -1.67. The molecular weight excluding hydrogens is 378 g/mol. The fourth-order valence-corrected chi connectivity index (χ4v) is 3.61. The number of pyridine rings is 1. The Balaban J connectivity index is 1.60. The van der Waals surface area contributed by atoms with Gasteiger partial charge in [-0.2, -0.15) is 0 Å². The van der Waals surface area contributed by atoms with Crippen LogP contribution in [0.3, 0.4) is 0 Å². The third-order valence-electron chi connectivity index (χ3n) is 4.63. The van der Waals surface area contributed by atoms with Crippen molar-refractivity contribution in [2.45, 2.75) is 25.4 Å². The number of nitrogens with one attached hydrogen (secondary N) is 2. The predicted octanol–water partition coefficient (Wildman–Crippen LogP) is 1.27. The number of hydrogen-bond donors (Lipinski definition) is 2. The van der Waals surface area contributed by atoms with Crippen LogP contribution in [0.1, 0.15) is 29.8 Å². The molecule has 130 valence electrons. The summed E-state index contributed by atoms with van der Waals surface area (Å²) >= 11 is 3.29. The summed E-state index contributed by atoms with van der Waals surface area (Å²) in [6.45, 7) is 1.93. The first-order valence-corrected chi connectivity index (χ1v) is 8.73. The Labute approximate surface area is 148 Å².